The summed E-state index contributed by atoms with van der Waals surface area (Å²) in [5.74, 6) is 2.14. The van der Waals surface area contributed by atoms with Gasteiger partial charge in [0, 0.05) is 0 Å². The molecule has 0 spiro atoms. The summed E-state index contributed by atoms with van der Waals surface area (Å²) in [7, 11) is -1.80. The number of hydrogen-bond acceptors (Lipinski definition) is 1. The van der Waals surface area contributed by atoms with Gasteiger partial charge in [0.15, 0.2) is 0 Å². The Morgan fingerprint density at radius 1 is 0.700 bits per heavy atom. The van der Waals surface area contributed by atoms with Crippen LogP contribution in [0, 0.1) is 0 Å². The van der Waals surface area contributed by atoms with Crippen molar-refractivity contribution in [2.45, 2.75) is 38.8 Å². The molecule has 0 aromatic heterocycles. The first-order chi connectivity index (χ1) is 9.58. The Morgan fingerprint density at radius 3 is 1.50 bits per heavy atom. The standard InChI is InChI=1S/C18H22OSi/c1-13(2)20(14(3)4)17-11-7-5-9-15(17)19-16-10-6-8-12-18(16)20/h5-14H,1-4H3. The molecule has 0 fully saturated rings. The summed E-state index contributed by atoms with van der Waals surface area (Å²) in [5, 5.41) is 2.92. The highest BCUT2D eigenvalue weighted by molar-refractivity contribution is 7.05. The van der Waals surface area contributed by atoms with E-state index >= 15 is 0 Å². The van der Waals surface area contributed by atoms with Crippen LogP contribution in [0.2, 0.25) is 11.1 Å². The number of hydrogen-bond donors (Lipinski definition) is 0. The van der Waals surface area contributed by atoms with E-state index in [-0.39, 0.29) is 0 Å². The van der Waals surface area contributed by atoms with Crippen LogP contribution < -0.4 is 15.1 Å². The van der Waals surface area contributed by atoms with Gasteiger partial charge in [-0.1, -0.05) is 64.1 Å². The molecule has 1 aliphatic rings. The second kappa shape index (κ2) is 4.78. The Hall–Kier alpha value is -1.54. The number of rotatable bonds is 2. The lowest BCUT2D eigenvalue weighted by Crippen LogP contribution is -2.64. The summed E-state index contributed by atoms with van der Waals surface area (Å²) in [6.07, 6.45) is 0. The van der Waals surface area contributed by atoms with Crippen molar-refractivity contribution in [3.05, 3.63) is 48.5 Å². The predicted octanol–water partition coefficient (Wildman–Crippen LogP) is 4.18. The van der Waals surface area contributed by atoms with Gasteiger partial charge in [-0.25, -0.2) is 0 Å². The summed E-state index contributed by atoms with van der Waals surface area (Å²) < 4.78 is 6.17. The average Bonchev–Trinajstić information content (AvgIpc) is 2.43. The minimum absolute atomic E-state index is 0.647. The molecular weight excluding hydrogens is 260 g/mol. The second-order valence-corrected chi connectivity index (χ2v) is 11.4. The number of para-hydroxylation sites is 2. The fraction of sp³-hybridized carbons (Fsp3) is 0.333. The maximum Gasteiger partial charge on any atom is 0.132 e. The summed E-state index contributed by atoms with van der Waals surface area (Å²) in [6, 6.07) is 17.3. The highest BCUT2D eigenvalue weighted by atomic mass is 28.3. The van der Waals surface area contributed by atoms with Crippen LogP contribution in [0.1, 0.15) is 27.7 Å². The van der Waals surface area contributed by atoms with E-state index in [2.05, 4.69) is 76.2 Å². The zero-order valence-corrected chi connectivity index (χ0v) is 13.7. The lowest BCUT2D eigenvalue weighted by atomic mass is 10.3. The summed E-state index contributed by atoms with van der Waals surface area (Å²) >= 11 is 0. The molecule has 0 radical (unpaired) electrons. The van der Waals surface area contributed by atoms with Crippen molar-refractivity contribution in [2.24, 2.45) is 0 Å². The van der Waals surface area contributed by atoms with Crippen LogP contribution in [-0.2, 0) is 0 Å². The monoisotopic (exact) mass is 282 g/mol. The molecule has 1 aliphatic heterocycles. The van der Waals surface area contributed by atoms with Crippen LogP contribution >= 0.6 is 0 Å². The Morgan fingerprint density at radius 2 is 1.10 bits per heavy atom. The van der Waals surface area contributed by atoms with E-state index in [1.54, 1.807) is 0 Å². The molecule has 20 heavy (non-hydrogen) atoms. The molecule has 2 aromatic rings. The fourth-order valence-corrected chi connectivity index (χ4v) is 9.91. The van der Waals surface area contributed by atoms with Crippen LogP contribution in [0.15, 0.2) is 48.5 Å². The molecule has 0 unspecified atom stereocenters. The van der Waals surface area contributed by atoms with E-state index in [1.165, 1.54) is 10.4 Å². The number of fused-ring (bicyclic) bond motifs is 2. The van der Waals surface area contributed by atoms with Crippen LogP contribution in [0.4, 0.5) is 0 Å². The quantitative estimate of drug-likeness (QED) is 0.751. The molecule has 0 atom stereocenters. The maximum atomic E-state index is 6.17. The Balaban J connectivity index is 2.37. The van der Waals surface area contributed by atoms with Gasteiger partial charge in [0.1, 0.15) is 19.6 Å². The molecule has 1 heterocycles. The Bertz CT molecular complexity index is 575. The summed E-state index contributed by atoms with van der Waals surface area (Å²) in [4.78, 5) is 0. The van der Waals surface area contributed by atoms with Gasteiger partial charge in [-0.15, -0.1) is 0 Å². The molecular formula is C18H22OSi. The van der Waals surface area contributed by atoms with Crippen molar-refractivity contribution in [1.29, 1.82) is 0 Å². The fourth-order valence-electron chi connectivity index (χ4n) is 3.97. The largest absolute Gasteiger partial charge is 0.458 e. The third kappa shape index (κ3) is 1.67. The van der Waals surface area contributed by atoms with Crippen molar-refractivity contribution in [3.8, 4) is 11.5 Å². The first-order valence-electron chi connectivity index (χ1n) is 7.45. The highest BCUT2D eigenvalue weighted by Gasteiger charge is 2.48. The SMILES string of the molecule is CC(C)[Si]1(C(C)C)c2ccccc2Oc2ccccc21. The van der Waals surface area contributed by atoms with Crippen molar-refractivity contribution < 1.29 is 4.74 Å². The lowest BCUT2D eigenvalue weighted by molar-refractivity contribution is 0.485. The molecule has 0 saturated carbocycles. The lowest BCUT2D eigenvalue weighted by Gasteiger charge is -2.44. The van der Waals surface area contributed by atoms with E-state index in [9.17, 15) is 0 Å². The minimum atomic E-state index is -1.80. The number of ether oxygens (including phenoxy) is 1. The maximum absolute atomic E-state index is 6.17. The van der Waals surface area contributed by atoms with Gasteiger partial charge < -0.3 is 4.74 Å². The van der Waals surface area contributed by atoms with Gasteiger partial charge in [0.05, 0.1) is 0 Å². The van der Waals surface area contributed by atoms with Crippen LogP contribution in [0.3, 0.4) is 0 Å². The highest BCUT2D eigenvalue weighted by Crippen LogP contribution is 2.40. The van der Waals surface area contributed by atoms with Crippen LogP contribution in [0.5, 0.6) is 11.5 Å². The molecule has 1 nitrogen and oxygen atoms in total. The van der Waals surface area contributed by atoms with Crippen LogP contribution in [-0.4, -0.2) is 8.07 Å². The van der Waals surface area contributed by atoms with Crippen molar-refractivity contribution >= 4 is 18.4 Å². The van der Waals surface area contributed by atoms with Crippen molar-refractivity contribution in [1.82, 2.24) is 0 Å². The predicted molar refractivity (Wildman–Crippen MR) is 88.2 cm³/mol. The Labute approximate surface area is 122 Å². The smallest absolute Gasteiger partial charge is 0.132 e. The molecule has 0 bridgehead atoms. The zero-order chi connectivity index (χ0) is 14.3. The molecule has 2 aromatic carbocycles. The molecule has 2 heteroatoms. The van der Waals surface area contributed by atoms with Gasteiger partial charge in [-0.3, -0.25) is 0 Å². The topological polar surface area (TPSA) is 9.23 Å². The van der Waals surface area contributed by atoms with Gasteiger partial charge in [-0.05, 0) is 33.6 Å². The second-order valence-electron chi connectivity index (χ2n) is 6.27. The van der Waals surface area contributed by atoms with Gasteiger partial charge >= 0.3 is 0 Å². The van der Waals surface area contributed by atoms with E-state index in [1.807, 2.05) is 0 Å². The average molecular weight is 282 g/mol. The van der Waals surface area contributed by atoms with Gasteiger partial charge in [0.2, 0.25) is 0 Å². The summed E-state index contributed by atoms with van der Waals surface area (Å²) in [5.41, 5.74) is 1.29. The molecule has 0 aliphatic carbocycles. The van der Waals surface area contributed by atoms with E-state index < -0.39 is 8.07 Å². The van der Waals surface area contributed by atoms with E-state index in [0.717, 1.165) is 11.5 Å². The Kier molecular flexibility index (Phi) is 3.21. The molecule has 0 amide bonds. The van der Waals surface area contributed by atoms with E-state index in [4.69, 9.17) is 4.74 Å². The molecule has 104 valence electrons. The normalized spacial score (nSPS) is 15.7. The van der Waals surface area contributed by atoms with Crippen molar-refractivity contribution in [2.75, 3.05) is 0 Å². The first kappa shape index (κ1) is 13.4. The summed E-state index contributed by atoms with van der Waals surface area (Å²) in [6.45, 7) is 9.52. The third-order valence-electron chi connectivity index (χ3n) is 4.71. The molecule has 0 saturated heterocycles. The number of benzene rings is 2. The third-order valence-corrected chi connectivity index (χ3v) is 11.0. The van der Waals surface area contributed by atoms with Gasteiger partial charge in [0.25, 0.3) is 0 Å². The molecule has 0 N–H and O–H groups in total. The first-order valence-corrected chi connectivity index (χ1v) is 9.60. The van der Waals surface area contributed by atoms with Gasteiger partial charge in [-0.2, -0.15) is 0 Å². The minimum Gasteiger partial charge on any atom is -0.458 e. The van der Waals surface area contributed by atoms with E-state index in [0.29, 0.717) is 11.1 Å². The van der Waals surface area contributed by atoms with Crippen LogP contribution in [0.25, 0.3) is 0 Å². The van der Waals surface area contributed by atoms with Crippen molar-refractivity contribution in [3.63, 3.8) is 0 Å². The molecule has 3 rings (SSSR count). The zero-order valence-electron chi connectivity index (χ0n) is 12.7.